The lowest BCUT2D eigenvalue weighted by Crippen LogP contribution is -2.29. The molecule has 0 saturated heterocycles. The van der Waals surface area contributed by atoms with Gasteiger partial charge in [0.2, 0.25) is 0 Å². The second-order valence-electron chi connectivity index (χ2n) is 6.26. The maximum atomic E-state index is 12.2. The molecule has 8 nitrogen and oxygen atoms in total. The molecule has 0 amide bonds. The van der Waals surface area contributed by atoms with Gasteiger partial charge in [-0.15, -0.1) is 0 Å². The highest BCUT2D eigenvalue weighted by atomic mass is 16.5. The molecule has 2 heterocycles. The molecular weight excluding hydrogens is 286 g/mol. The minimum absolute atomic E-state index is 0.253. The van der Waals surface area contributed by atoms with E-state index in [0.717, 1.165) is 5.69 Å². The van der Waals surface area contributed by atoms with Crippen LogP contribution in [0.2, 0.25) is 0 Å². The zero-order valence-corrected chi connectivity index (χ0v) is 13.6. The summed E-state index contributed by atoms with van der Waals surface area (Å²) in [6.07, 6.45) is 0. The van der Waals surface area contributed by atoms with Crippen LogP contribution >= 0.6 is 0 Å². The fraction of sp³-hybridized carbons (Fsp3) is 0.500. The van der Waals surface area contributed by atoms with Crippen molar-refractivity contribution in [1.29, 1.82) is 0 Å². The first-order valence-corrected chi connectivity index (χ1v) is 6.91. The van der Waals surface area contributed by atoms with Crippen molar-refractivity contribution >= 4 is 11.4 Å². The summed E-state index contributed by atoms with van der Waals surface area (Å²) < 4.78 is 6.09. The average molecular weight is 307 g/mol. The molecule has 3 N–H and O–H groups in total. The summed E-state index contributed by atoms with van der Waals surface area (Å²) in [6.45, 7) is 9.43. The maximum absolute atomic E-state index is 12.2. The number of aromatic amines is 1. The molecule has 2 aromatic rings. The molecule has 0 bridgehead atoms. The van der Waals surface area contributed by atoms with Crippen LogP contribution in [-0.2, 0) is 12.5 Å². The van der Waals surface area contributed by atoms with Crippen molar-refractivity contribution in [3.05, 3.63) is 37.7 Å². The van der Waals surface area contributed by atoms with Crippen LogP contribution < -0.4 is 22.0 Å². The Kier molecular flexibility index (Phi) is 3.87. The van der Waals surface area contributed by atoms with Crippen molar-refractivity contribution < 1.29 is 4.52 Å². The number of hydrazine groups is 1. The largest absolute Gasteiger partial charge is 0.382 e. The van der Waals surface area contributed by atoms with Crippen molar-refractivity contribution in [1.82, 2.24) is 14.9 Å². The lowest BCUT2D eigenvalue weighted by atomic mass is 9.91. The molecule has 0 spiro atoms. The van der Waals surface area contributed by atoms with Crippen molar-refractivity contribution in [2.45, 2.75) is 40.0 Å². The first-order valence-electron chi connectivity index (χ1n) is 6.91. The Morgan fingerprint density at radius 1 is 1.14 bits per heavy atom. The molecule has 0 aromatic carbocycles. The molecule has 8 heteroatoms. The van der Waals surface area contributed by atoms with E-state index < -0.39 is 5.63 Å². The molecule has 0 saturated carbocycles. The van der Waals surface area contributed by atoms with Gasteiger partial charge in [0.05, 0.1) is 11.4 Å². The Labute approximate surface area is 127 Å². The lowest BCUT2D eigenvalue weighted by molar-refractivity contribution is 0.371. The number of hydrogen-bond donors (Lipinski definition) is 3. The van der Waals surface area contributed by atoms with Crippen LogP contribution in [0.4, 0.5) is 11.4 Å². The third-order valence-electron chi connectivity index (χ3n) is 3.49. The number of aromatic nitrogens is 3. The average Bonchev–Trinajstić information content (AvgIpc) is 2.78. The van der Waals surface area contributed by atoms with E-state index in [2.05, 4.69) is 21.1 Å². The molecule has 0 aliphatic rings. The van der Waals surface area contributed by atoms with Crippen LogP contribution in [0.15, 0.2) is 14.1 Å². The van der Waals surface area contributed by atoms with Crippen molar-refractivity contribution in [3.63, 3.8) is 0 Å². The summed E-state index contributed by atoms with van der Waals surface area (Å²) in [6, 6.07) is 0. The topological polar surface area (TPSA) is 105 Å². The minimum Gasteiger partial charge on any atom is -0.336 e. The van der Waals surface area contributed by atoms with Crippen LogP contribution in [0.25, 0.3) is 0 Å². The molecule has 22 heavy (non-hydrogen) atoms. The first-order chi connectivity index (χ1) is 10.1. The summed E-state index contributed by atoms with van der Waals surface area (Å²) in [5, 5.41) is 6.72. The maximum Gasteiger partial charge on any atom is 0.382 e. The standard InChI is InChI=1S/C14H21N5O3/c1-7-8(2)17-19(6)12(20)9(7)15-16-10-11(14(3,4)5)18-22-13(10)21/h15-16,18H,1-6H3. The summed E-state index contributed by atoms with van der Waals surface area (Å²) in [5.74, 6) is 0. The van der Waals surface area contributed by atoms with E-state index in [1.165, 1.54) is 4.68 Å². The number of nitrogens with zero attached hydrogens (tertiary/aromatic N) is 2. The normalized spacial score (nSPS) is 11.5. The highest BCUT2D eigenvalue weighted by molar-refractivity contribution is 5.57. The van der Waals surface area contributed by atoms with Gasteiger partial charge in [-0.05, 0) is 13.8 Å². The number of aryl methyl sites for hydroxylation is 2. The van der Waals surface area contributed by atoms with Crippen LogP contribution in [-0.4, -0.2) is 14.9 Å². The monoisotopic (exact) mass is 307 g/mol. The van der Waals surface area contributed by atoms with Crippen LogP contribution in [0.1, 0.15) is 37.7 Å². The smallest absolute Gasteiger partial charge is 0.336 e. The molecule has 0 radical (unpaired) electrons. The van der Waals surface area contributed by atoms with Gasteiger partial charge >= 0.3 is 5.63 Å². The Bertz CT molecular complexity index is 807. The van der Waals surface area contributed by atoms with Gasteiger partial charge in [0.15, 0.2) is 5.69 Å². The van der Waals surface area contributed by atoms with Crippen LogP contribution in [0, 0.1) is 13.8 Å². The molecule has 2 aromatic heterocycles. The Balaban J connectivity index is 2.39. The van der Waals surface area contributed by atoms with Crippen molar-refractivity contribution in [3.8, 4) is 0 Å². The fourth-order valence-corrected chi connectivity index (χ4v) is 2.06. The van der Waals surface area contributed by atoms with Crippen molar-refractivity contribution in [2.24, 2.45) is 7.05 Å². The molecule has 120 valence electrons. The molecular formula is C14H21N5O3. The highest BCUT2D eigenvalue weighted by Gasteiger charge is 2.24. The number of H-pyrrole nitrogens is 1. The van der Waals surface area contributed by atoms with E-state index in [9.17, 15) is 9.59 Å². The minimum atomic E-state index is -0.530. The summed E-state index contributed by atoms with van der Waals surface area (Å²) >= 11 is 0. The molecule has 0 aliphatic carbocycles. The second kappa shape index (κ2) is 5.36. The summed E-state index contributed by atoms with van der Waals surface area (Å²) in [4.78, 5) is 24.0. The van der Waals surface area contributed by atoms with Gasteiger partial charge in [-0.2, -0.15) is 5.10 Å². The number of nitrogens with one attached hydrogen (secondary N) is 3. The van der Waals surface area contributed by atoms with Gasteiger partial charge in [0, 0.05) is 18.0 Å². The SMILES string of the molecule is Cc1nn(C)c(=O)c(NNc2c(C(C)(C)C)[nH]oc2=O)c1C. The van der Waals surface area contributed by atoms with E-state index in [4.69, 9.17) is 4.52 Å². The van der Waals surface area contributed by atoms with Gasteiger partial charge in [0.1, 0.15) is 5.69 Å². The molecule has 0 atom stereocenters. The predicted octanol–water partition coefficient (Wildman–Crippen LogP) is 1.41. The van der Waals surface area contributed by atoms with Crippen molar-refractivity contribution in [2.75, 3.05) is 10.9 Å². The summed E-state index contributed by atoms with van der Waals surface area (Å²) in [5.41, 5.74) is 7.13. The second-order valence-corrected chi connectivity index (χ2v) is 6.26. The predicted molar refractivity (Wildman–Crippen MR) is 84.2 cm³/mol. The van der Waals surface area contributed by atoms with E-state index >= 15 is 0 Å². The number of rotatable bonds is 3. The first kappa shape index (κ1) is 15.9. The number of anilines is 2. The Morgan fingerprint density at radius 2 is 1.73 bits per heavy atom. The van der Waals surface area contributed by atoms with E-state index in [0.29, 0.717) is 16.9 Å². The van der Waals surface area contributed by atoms with Crippen LogP contribution in [0.5, 0.6) is 0 Å². The van der Waals surface area contributed by atoms with E-state index in [1.54, 1.807) is 14.0 Å². The molecule has 0 aliphatic heterocycles. The van der Waals surface area contributed by atoms with E-state index in [1.807, 2.05) is 27.7 Å². The third-order valence-corrected chi connectivity index (χ3v) is 3.49. The lowest BCUT2D eigenvalue weighted by Gasteiger charge is -2.18. The Morgan fingerprint density at radius 3 is 2.32 bits per heavy atom. The third kappa shape index (κ3) is 2.76. The van der Waals surface area contributed by atoms with Gasteiger partial charge in [-0.1, -0.05) is 20.8 Å². The number of hydrogen-bond acceptors (Lipinski definition) is 6. The van der Waals surface area contributed by atoms with Crippen LogP contribution in [0.3, 0.4) is 0 Å². The van der Waals surface area contributed by atoms with Gasteiger partial charge in [0.25, 0.3) is 5.56 Å². The molecule has 0 unspecified atom stereocenters. The molecule has 0 fully saturated rings. The summed E-state index contributed by atoms with van der Waals surface area (Å²) in [7, 11) is 1.57. The highest BCUT2D eigenvalue weighted by Crippen LogP contribution is 2.25. The zero-order chi connectivity index (χ0) is 16.7. The van der Waals surface area contributed by atoms with Gasteiger partial charge < -0.3 is 4.52 Å². The van der Waals surface area contributed by atoms with E-state index in [-0.39, 0.29) is 16.7 Å². The zero-order valence-electron chi connectivity index (χ0n) is 13.6. The molecule has 2 rings (SSSR count). The van der Waals surface area contributed by atoms with Gasteiger partial charge in [-0.3, -0.25) is 15.6 Å². The Hall–Kier alpha value is -2.51. The van der Waals surface area contributed by atoms with Gasteiger partial charge in [-0.25, -0.2) is 14.6 Å². The fourth-order valence-electron chi connectivity index (χ4n) is 2.06. The quantitative estimate of drug-likeness (QED) is 0.741.